The molecule has 0 aliphatic carbocycles. The van der Waals surface area contributed by atoms with Crippen molar-refractivity contribution in [1.82, 2.24) is 20.2 Å². The molecule has 1 unspecified atom stereocenters. The number of tetrazole rings is 1. The molecule has 0 saturated heterocycles. The minimum atomic E-state index is -0.841. The Morgan fingerprint density at radius 2 is 2.26 bits per heavy atom. The molecule has 0 amide bonds. The smallest absolute Gasteiger partial charge is 0.305 e. The van der Waals surface area contributed by atoms with Crippen LogP contribution in [0.5, 0.6) is 0 Å². The van der Waals surface area contributed by atoms with E-state index >= 15 is 0 Å². The van der Waals surface area contributed by atoms with Gasteiger partial charge in [0.25, 0.3) is 0 Å². The zero-order chi connectivity index (χ0) is 14.0. The second-order valence-electron chi connectivity index (χ2n) is 4.46. The van der Waals surface area contributed by atoms with Crippen molar-refractivity contribution in [2.24, 2.45) is 0 Å². The number of hydrogen-bond acceptors (Lipinski definition) is 5. The molecule has 1 N–H and O–H groups in total. The Morgan fingerprint density at radius 1 is 1.53 bits per heavy atom. The number of thiophene rings is 1. The summed E-state index contributed by atoms with van der Waals surface area (Å²) >= 11 is 1.62. The molecular weight excluding hydrogens is 264 g/mol. The first kappa shape index (κ1) is 13.7. The molecule has 0 bridgehead atoms. The van der Waals surface area contributed by atoms with Gasteiger partial charge in [0.2, 0.25) is 0 Å². The Bertz CT molecular complexity index is 571. The van der Waals surface area contributed by atoms with Crippen molar-refractivity contribution in [2.45, 2.75) is 39.7 Å². The van der Waals surface area contributed by atoms with Gasteiger partial charge in [-0.1, -0.05) is 6.92 Å². The van der Waals surface area contributed by atoms with Crippen molar-refractivity contribution >= 4 is 17.3 Å². The van der Waals surface area contributed by atoms with Crippen molar-refractivity contribution in [3.05, 3.63) is 16.5 Å². The van der Waals surface area contributed by atoms with Gasteiger partial charge in [-0.15, -0.1) is 16.4 Å². The van der Waals surface area contributed by atoms with Crippen molar-refractivity contribution in [3.63, 3.8) is 0 Å². The molecule has 0 aromatic carbocycles. The van der Waals surface area contributed by atoms with Crippen LogP contribution in [0.4, 0.5) is 0 Å². The van der Waals surface area contributed by atoms with E-state index in [4.69, 9.17) is 5.11 Å². The van der Waals surface area contributed by atoms with Crippen LogP contribution in [0.1, 0.15) is 36.2 Å². The lowest BCUT2D eigenvalue weighted by Gasteiger charge is -2.13. The fourth-order valence-corrected chi connectivity index (χ4v) is 2.90. The highest BCUT2D eigenvalue weighted by molar-refractivity contribution is 7.15. The average Bonchev–Trinajstić information content (AvgIpc) is 2.94. The second kappa shape index (κ2) is 5.48. The third-order valence-corrected chi connectivity index (χ3v) is 4.26. The third kappa shape index (κ3) is 2.81. The number of nitrogens with zero attached hydrogens (tertiary/aromatic N) is 4. The molecule has 1 atom stereocenters. The normalized spacial score (nSPS) is 12.6. The molecule has 0 saturated carbocycles. The summed E-state index contributed by atoms with van der Waals surface area (Å²) in [5.74, 6) is -0.193. The highest BCUT2D eigenvalue weighted by Crippen LogP contribution is 2.31. The van der Waals surface area contributed by atoms with Gasteiger partial charge < -0.3 is 5.11 Å². The van der Waals surface area contributed by atoms with Crippen LogP contribution in [0.2, 0.25) is 0 Å². The molecule has 2 rings (SSSR count). The zero-order valence-electron chi connectivity index (χ0n) is 11.1. The summed E-state index contributed by atoms with van der Waals surface area (Å²) in [5, 5.41) is 20.6. The van der Waals surface area contributed by atoms with E-state index in [0.29, 0.717) is 12.2 Å². The third-order valence-electron chi connectivity index (χ3n) is 3.11. The van der Waals surface area contributed by atoms with Crippen LogP contribution >= 0.6 is 11.3 Å². The standard InChI is InChI=1S/C12H16N4O2S/c1-4-9(6-11(17)18)16-12(13-14-15-16)10-5-7(2)8(3)19-10/h5,9H,4,6H2,1-3H3,(H,17,18). The topological polar surface area (TPSA) is 80.9 Å². The summed E-state index contributed by atoms with van der Waals surface area (Å²) in [6.45, 7) is 6.02. The van der Waals surface area contributed by atoms with Crippen molar-refractivity contribution in [3.8, 4) is 10.7 Å². The molecule has 102 valence electrons. The van der Waals surface area contributed by atoms with Crippen LogP contribution in [0.3, 0.4) is 0 Å². The van der Waals surface area contributed by atoms with Gasteiger partial charge in [-0.25, -0.2) is 4.68 Å². The van der Waals surface area contributed by atoms with Crippen LogP contribution in [-0.2, 0) is 4.79 Å². The number of aromatic nitrogens is 4. The van der Waals surface area contributed by atoms with E-state index in [-0.39, 0.29) is 12.5 Å². The molecule has 2 heterocycles. The number of carbonyl (C=O) groups is 1. The number of rotatable bonds is 5. The molecule has 7 heteroatoms. The monoisotopic (exact) mass is 280 g/mol. The molecule has 0 radical (unpaired) electrons. The van der Waals surface area contributed by atoms with Gasteiger partial charge in [-0.3, -0.25) is 4.79 Å². The van der Waals surface area contributed by atoms with Gasteiger partial charge in [0.05, 0.1) is 17.3 Å². The van der Waals surface area contributed by atoms with Gasteiger partial charge in [-0.05, 0) is 42.3 Å². The number of carboxylic acids is 1. The Balaban J connectivity index is 2.38. The number of carboxylic acid groups (broad SMARTS) is 1. The van der Waals surface area contributed by atoms with E-state index in [2.05, 4.69) is 15.5 Å². The van der Waals surface area contributed by atoms with Gasteiger partial charge in [0.15, 0.2) is 5.82 Å². The Kier molecular flexibility index (Phi) is 3.94. The predicted octanol–water partition coefficient (Wildman–Crippen LogP) is 2.44. The Morgan fingerprint density at radius 3 is 2.79 bits per heavy atom. The van der Waals surface area contributed by atoms with Crippen LogP contribution in [-0.4, -0.2) is 31.3 Å². The van der Waals surface area contributed by atoms with Gasteiger partial charge in [0, 0.05) is 4.88 Å². The molecule has 2 aromatic heterocycles. The first-order valence-corrected chi connectivity index (χ1v) is 6.91. The van der Waals surface area contributed by atoms with Crippen molar-refractivity contribution < 1.29 is 9.90 Å². The SMILES string of the molecule is CCC(CC(=O)O)n1nnnc1-c1cc(C)c(C)s1. The van der Waals surface area contributed by atoms with E-state index in [1.54, 1.807) is 16.0 Å². The van der Waals surface area contributed by atoms with E-state index in [1.807, 2.05) is 26.8 Å². The summed E-state index contributed by atoms with van der Waals surface area (Å²) in [5.41, 5.74) is 1.20. The summed E-state index contributed by atoms with van der Waals surface area (Å²) in [6.07, 6.45) is 0.700. The fraction of sp³-hybridized carbons (Fsp3) is 0.500. The lowest BCUT2D eigenvalue weighted by molar-refractivity contribution is -0.138. The van der Waals surface area contributed by atoms with Crippen LogP contribution < -0.4 is 0 Å². The maximum absolute atomic E-state index is 10.9. The van der Waals surface area contributed by atoms with E-state index < -0.39 is 5.97 Å². The number of aryl methyl sites for hydroxylation is 2. The van der Waals surface area contributed by atoms with Gasteiger partial charge in [-0.2, -0.15) is 0 Å². The maximum atomic E-state index is 10.9. The molecule has 0 fully saturated rings. The Hall–Kier alpha value is -1.76. The van der Waals surface area contributed by atoms with E-state index in [9.17, 15) is 4.79 Å². The van der Waals surface area contributed by atoms with Crippen molar-refractivity contribution in [2.75, 3.05) is 0 Å². The first-order chi connectivity index (χ1) is 9.02. The predicted molar refractivity (Wildman–Crippen MR) is 72.2 cm³/mol. The molecule has 19 heavy (non-hydrogen) atoms. The Labute approximate surface area is 115 Å². The summed E-state index contributed by atoms with van der Waals surface area (Å²) in [7, 11) is 0. The molecule has 0 aliphatic rings. The summed E-state index contributed by atoms with van der Waals surface area (Å²) in [4.78, 5) is 13.1. The molecule has 0 aliphatic heterocycles. The quantitative estimate of drug-likeness (QED) is 0.909. The van der Waals surface area contributed by atoms with Gasteiger partial charge in [0.1, 0.15) is 0 Å². The van der Waals surface area contributed by atoms with Crippen LogP contribution in [0.25, 0.3) is 10.7 Å². The lowest BCUT2D eigenvalue weighted by atomic mass is 10.1. The largest absolute Gasteiger partial charge is 0.481 e. The highest BCUT2D eigenvalue weighted by Gasteiger charge is 2.21. The molecular formula is C12H16N4O2S. The molecule has 6 nitrogen and oxygen atoms in total. The first-order valence-electron chi connectivity index (χ1n) is 6.10. The molecule has 0 spiro atoms. The van der Waals surface area contributed by atoms with Crippen LogP contribution in [0.15, 0.2) is 6.07 Å². The zero-order valence-corrected chi connectivity index (χ0v) is 11.9. The van der Waals surface area contributed by atoms with E-state index in [0.717, 1.165) is 4.88 Å². The minimum Gasteiger partial charge on any atom is -0.481 e. The average molecular weight is 280 g/mol. The fourth-order valence-electron chi connectivity index (χ4n) is 1.89. The lowest BCUT2D eigenvalue weighted by Crippen LogP contribution is -2.15. The molecule has 2 aromatic rings. The van der Waals surface area contributed by atoms with Gasteiger partial charge >= 0.3 is 5.97 Å². The minimum absolute atomic E-state index is 0.0257. The van der Waals surface area contributed by atoms with Crippen LogP contribution in [0, 0.1) is 13.8 Å². The summed E-state index contributed by atoms with van der Waals surface area (Å²) in [6, 6.07) is 1.82. The van der Waals surface area contributed by atoms with E-state index in [1.165, 1.54) is 10.4 Å². The summed E-state index contributed by atoms with van der Waals surface area (Å²) < 4.78 is 1.62. The highest BCUT2D eigenvalue weighted by atomic mass is 32.1. The second-order valence-corrected chi connectivity index (χ2v) is 5.71. The maximum Gasteiger partial charge on any atom is 0.305 e. The van der Waals surface area contributed by atoms with Crippen molar-refractivity contribution in [1.29, 1.82) is 0 Å². The number of hydrogen-bond donors (Lipinski definition) is 1. The number of aliphatic carboxylic acids is 1.